The Hall–Kier alpha value is -2.88. The molecular formula is C17H15F5N2O3. The Balaban J connectivity index is 1.80. The number of ether oxygens (including phenoxy) is 1. The Morgan fingerprint density at radius 1 is 1.15 bits per heavy atom. The molecule has 2 rings (SSSR count). The molecule has 1 atom stereocenters. The fourth-order valence-electron chi connectivity index (χ4n) is 1.98. The summed E-state index contributed by atoms with van der Waals surface area (Å²) in [5, 5.41) is 14.0. The van der Waals surface area contributed by atoms with E-state index in [1.807, 2.05) is 0 Å². The van der Waals surface area contributed by atoms with E-state index in [1.54, 1.807) is 0 Å². The summed E-state index contributed by atoms with van der Waals surface area (Å²) in [4.78, 5) is 11.6. The highest BCUT2D eigenvalue weighted by atomic mass is 19.4. The zero-order valence-electron chi connectivity index (χ0n) is 13.7. The second kappa shape index (κ2) is 8.67. The number of rotatable bonds is 6. The molecule has 0 aromatic heterocycles. The van der Waals surface area contributed by atoms with Crippen LogP contribution in [-0.2, 0) is 6.18 Å². The molecule has 0 aliphatic heterocycles. The Labute approximate surface area is 150 Å². The second-order valence-corrected chi connectivity index (χ2v) is 5.45. The van der Waals surface area contributed by atoms with Crippen LogP contribution in [0.4, 0.5) is 32.4 Å². The van der Waals surface area contributed by atoms with Crippen molar-refractivity contribution in [3.8, 4) is 5.75 Å². The number of aliphatic hydroxyl groups excluding tert-OH is 1. The van der Waals surface area contributed by atoms with Crippen LogP contribution in [0.5, 0.6) is 5.75 Å². The molecule has 27 heavy (non-hydrogen) atoms. The Bertz CT molecular complexity index is 798. The molecular weight excluding hydrogens is 375 g/mol. The number of hydrogen-bond donors (Lipinski definition) is 3. The first-order chi connectivity index (χ1) is 12.6. The van der Waals surface area contributed by atoms with Gasteiger partial charge in [0, 0.05) is 12.6 Å². The SMILES string of the molecule is O=C(NCC(O)COc1cccc(C(F)(F)F)c1)Nc1cc(F)ccc1F. The zero-order chi connectivity index (χ0) is 20.0. The molecule has 10 heteroatoms. The maximum atomic E-state index is 13.4. The molecule has 0 fully saturated rings. The van der Waals surface area contributed by atoms with Gasteiger partial charge in [-0.1, -0.05) is 6.07 Å². The van der Waals surface area contributed by atoms with Gasteiger partial charge >= 0.3 is 12.2 Å². The van der Waals surface area contributed by atoms with E-state index in [-0.39, 0.29) is 18.0 Å². The van der Waals surface area contributed by atoms with Crippen LogP contribution in [-0.4, -0.2) is 30.4 Å². The summed E-state index contributed by atoms with van der Waals surface area (Å²) in [6.45, 7) is -0.725. The molecule has 2 aromatic rings. The van der Waals surface area contributed by atoms with Crippen LogP contribution in [0, 0.1) is 11.6 Å². The highest BCUT2D eigenvalue weighted by molar-refractivity contribution is 5.89. The number of hydrogen-bond acceptors (Lipinski definition) is 3. The van der Waals surface area contributed by atoms with Crippen LogP contribution in [0.3, 0.4) is 0 Å². The normalized spacial score (nSPS) is 12.4. The maximum Gasteiger partial charge on any atom is 0.416 e. The minimum absolute atomic E-state index is 0.102. The van der Waals surface area contributed by atoms with Crippen molar-refractivity contribution in [2.45, 2.75) is 12.3 Å². The van der Waals surface area contributed by atoms with E-state index < -0.39 is 42.1 Å². The molecule has 3 N–H and O–H groups in total. The maximum absolute atomic E-state index is 13.4. The highest BCUT2D eigenvalue weighted by Crippen LogP contribution is 2.31. The second-order valence-electron chi connectivity index (χ2n) is 5.45. The largest absolute Gasteiger partial charge is 0.491 e. The van der Waals surface area contributed by atoms with E-state index in [9.17, 15) is 31.9 Å². The van der Waals surface area contributed by atoms with Gasteiger partial charge < -0.3 is 20.5 Å². The molecule has 0 bridgehead atoms. The van der Waals surface area contributed by atoms with E-state index in [4.69, 9.17) is 4.74 Å². The number of carbonyl (C=O) groups excluding carboxylic acids is 1. The highest BCUT2D eigenvalue weighted by Gasteiger charge is 2.30. The molecule has 2 aromatic carbocycles. The average molecular weight is 390 g/mol. The molecule has 2 amide bonds. The fourth-order valence-corrected chi connectivity index (χ4v) is 1.98. The van der Waals surface area contributed by atoms with Crippen molar-refractivity contribution in [3.63, 3.8) is 0 Å². The third kappa shape index (κ3) is 6.41. The molecule has 146 valence electrons. The van der Waals surface area contributed by atoms with Gasteiger partial charge in [-0.3, -0.25) is 0 Å². The standard InChI is InChI=1S/C17H15F5N2O3/c18-11-4-5-14(19)15(7-11)24-16(26)23-8-12(25)9-27-13-3-1-2-10(6-13)17(20,21)22/h1-7,12,25H,8-9H2,(H2,23,24,26). The zero-order valence-corrected chi connectivity index (χ0v) is 13.7. The molecule has 0 radical (unpaired) electrons. The molecule has 0 aliphatic rings. The monoisotopic (exact) mass is 390 g/mol. The van der Waals surface area contributed by atoms with Gasteiger partial charge in [-0.15, -0.1) is 0 Å². The predicted octanol–water partition coefficient (Wildman–Crippen LogP) is 3.55. The van der Waals surface area contributed by atoms with Crippen LogP contribution >= 0.6 is 0 Å². The number of nitrogens with one attached hydrogen (secondary N) is 2. The average Bonchev–Trinajstić information content (AvgIpc) is 2.61. The van der Waals surface area contributed by atoms with E-state index >= 15 is 0 Å². The third-order valence-corrected chi connectivity index (χ3v) is 3.28. The number of aliphatic hydroxyl groups is 1. The molecule has 0 saturated heterocycles. The third-order valence-electron chi connectivity index (χ3n) is 3.28. The topological polar surface area (TPSA) is 70.6 Å². The summed E-state index contributed by atoms with van der Waals surface area (Å²) >= 11 is 0. The van der Waals surface area contributed by atoms with Crippen molar-refractivity contribution < 1.29 is 36.6 Å². The van der Waals surface area contributed by atoms with Crippen molar-refractivity contribution in [3.05, 3.63) is 59.7 Å². The first-order valence-electron chi connectivity index (χ1n) is 7.63. The van der Waals surface area contributed by atoms with Gasteiger partial charge in [-0.2, -0.15) is 13.2 Å². The van der Waals surface area contributed by atoms with E-state index in [1.165, 1.54) is 6.07 Å². The molecule has 0 saturated carbocycles. The molecule has 0 aliphatic carbocycles. The summed E-state index contributed by atoms with van der Waals surface area (Å²) in [5.74, 6) is -1.70. The predicted molar refractivity (Wildman–Crippen MR) is 86.3 cm³/mol. The van der Waals surface area contributed by atoms with Crippen LogP contribution in [0.25, 0.3) is 0 Å². The van der Waals surface area contributed by atoms with E-state index in [0.29, 0.717) is 0 Å². The van der Waals surface area contributed by atoms with Crippen molar-refractivity contribution in [1.29, 1.82) is 0 Å². The van der Waals surface area contributed by atoms with Crippen LogP contribution in [0.1, 0.15) is 5.56 Å². The first kappa shape index (κ1) is 20.4. The number of anilines is 1. The number of alkyl halides is 3. The van der Waals surface area contributed by atoms with Crippen molar-refractivity contribution in [2.24, 2.45) is 0 Å². The van der Waals surface area contributed by atoms with Gasteiger partial charge in [-0.05, 0) is 30.3 Å². The van der Waals surface area contributed by atoms with Gasteiger partial charge in [0.2, 0.25) is 0 Å². The van der Waals surface area contributed by atoms with Gasteiger partial charge in [0.15, 0.2) is 0 Å². The van der Waals surface area contributed by atoms with Crippen molar-refractivity contribution in [2.75, 3.05) is 18.5 Å². The fraction of sp³-hybridized carbons (Fsp3) is 0.235. The summed E-state index contributed by atoms with van der Waals surface area (Å²) < 4.78 is 69.3. The van der Waals surface area contributed by atoms with Crippen molar-refractivity contribution >= 4 is 11.7 Å². The number of amides is 2. The van der Waals surface area contributed by atoms with Crippen LogP contribution in [0.15, 0.2) is 42.5 Å². The lowest BCUT2D eigenvalue weighted by atomic mass is 10.2. The van der Waals surface area contributed by atoms with Gasteiger partial charge in [0.05, 0.1) is 11.3 Å². The lowest BCUT2D eigenvalue weighted by molar-refractivity contribution is -0.137. The number of halogens is 5. The summed E-state index contributed by atoms with van der Waals surface area (Å²) in [6.07, 6.45) is -5.77. The lowest BCUT2D eigenvalue weighted by Crippen LogP contribution is -2.37. The Kier molecular flexibility index (Phi) is 6.56. The molecule has 5 nitrogen and oxygen atoms in total. The number of carbonyl (C=O) groups is 1. The molecule has 0 heterocycles. The summed E-state index contributed by atoms with van der Waals surface area (Å²) in [5.41, 5.74) is -1.29. The number of benzene rings is 2. The smallest absolute Gasteiger partial charge is 0.416 e. The quantitative estimate of drug-likeness (QED) is 0.661. The summed E-state index contributed by atoms with van der Waals surface area (Å²) in [7, 11) is 0. The van der Waals surface area contributed by atoms with E-state index in [0.717, 1.165) is 36.4 Å². The molecule has 1 unspecified atom stereocenters. The Morgan fingerprint density at radius 2 is 1.89 bits per heavy atom. The Morgan fingerprint density at radius 3 is 2.59 bits per heavy atom. The van der Waals surface area contributed by atoms with E-state index in [2.05, 4.69) is 10.6 Å². The van der Waals surface area contributed by atoms with Gasteiger partial charge in [0.25, 0.3) is 0 Å². The summed E-state index contributed by atoms with van der Waals surface area (Å²) in [6, 6.07) is 5.69. The lowest BCUT2D eigenvalue weighted by Gasteiger charge is -2.15. The number of urea groups is 1. The molecule has 0 spiro atoms. The van der Waals surface area contributed by atoms with Crippen LogP contribution < -0.4 is 15.4 Å². The minimum Gasteiger partial charge on any atom is -0.491 e. The van der Waals surface area contributed by atoms with Gasteiger partial charge in [-0.25, -0.2) is 13.6 Å². The van der Waals surface area contributed by atoms with Gasteiger partial charge in [0.1, 0.15) is 30.1 Å². The minimum atomic E-state index is -4.52. The van der Waals surface area contributed by atoms with Crippen molar-refractivity contribution in [1.82, 2.24) is 5.32 Å². The van der Waals surface area contributed by atoms with Crippen LogP contribution in [0.2, 0.25) is 0 Å². The first-order valence-corrected chi connectivity index (χ1v) is 7.63.